The van der Waals surface area contributed by atoms with E-state index in [4.69, 9.17) is 10.6 Å². The molecule has 0 aliphatic rings. The summed E-state index contributed by atoms with van der Waals surface area (Å²) < 4.78 is 7.19. The molecule has 2 aromatic carbocycles. The first-order valence-corrected chi connectivity index (χ1v) is 10.8. The molecule has 1 amide bonds. The van der Waals surface area contributed by atoms with Gasteiger partial charge in [-0.1, -0.05) is 36.0 Å². The van der Waals surface area contributed by atoms with Crippen molar-refractivity contribution in [3.05, 3.63) is 65.0 Å². The number of hydrogen-bond acceptors (Lipinski definition) is 6. The molecule has 3 aromatic rings. The van der Waals surface area contributed by atoms with Crippen LogP contribution in [0.1, 0.15) is 29.4 Å². The lowest BCUT2D eigenvalue weighted by atomic mass is 10.1. The molecule has 3 rings (SSSR count). The number of nitrogens with two attached hydrogens (primary N) is 1. The molecule has 0 spiro atoms. The van der Waals surface area contributed by atoms with Gasteiger partial charge in [0.25, 0.3) is 0 Å². The Hall–Kier alpha value is -3.00. The monoisotopic (exact) mass is 425 g/mol. The molecule has 30 heavy (non-hydrogen) atoms. The third-order valence-electron chi connectivity index (χ3n) is 4.65. The number of aromatic nitrogens is 3. The molecule has 0 aliphatic heterocycles. The Bertz CT molecular complexity index is 1010. The quantitative estimate of drug-likeness (QED) is 0.438. The summed E-state index contributed by atoms with van der Waals surface area (Å²) >= 11 is 1.26. The maximum Gasteiger partial charge on any atom is 0.237 e. The van der Waals surface area contributed by atoms with Gasteiger partial charge >= 0.3 is 0 Å². The Morgan fingerprint density at radius 1 is 1.13 bits per heavy atom. The Morgan fingerprint density at radius 2 is 1.83 bits per heavy atom. The number of ether oxygens (including phenoxy) is 1. The molecule has 1 aromatic heterocycles. The van der Waals surface area contributed by atoms with Gasteiger partial charge in [-0.15, -0.1) is 10.2 Å². The van der Waals surface area contributed by atoms with Crippen molar-refractivity contribution in [1.29, 1.82) is 0 Å². The zero-order valence-electron chi connectivity index (χ0n) is 17.8. The van der Waals surface area contributed by atoms with Crippen molar-refractivity contribution in [2.75, 3.05) is 23.0 Å². The van der Waals surface area contributed by atoms with Crippen LogP contribution >= 0.6 is 11.8 Å². The second kappa shape index (κ2) is 9.67. The summed E-state index contributed by atoms with van der Waals surface area (Å²) in [6.45, 7) is 8.79. The predicted molar refractivity (Wildman–Crippen MR) is 120 cm³/mol. The standard InChI is InChI=1S/C22H27N5O2S/c1-5-26(19-9-7-6-8-17(19)4)21(28)14-30-22-25-24-20(27(22)23)13-29-18-11-15(2)10-16(3)12-18/h6-12H,5,13-14,23H2,1-4H3. The topological polar surface area (TPSA) is 86.3 Å². The third kappa shape index (κ3) is 5.13. The van der Waals surface area contributed by atoms with E-state index >= 15 is 0 Å². The fraction of sp³-hybridized carbons (Fsp3) is 0.318. The molecule has 7 nitrogen and oxygen atoms in total. The minimum Gasteiger partial charge on any atom is -0.486 e. The second-order valence-electron chi connectivity index (χ2n) is 7.09. The summed E-state index contributed by atoms with van der Waals surface area (Å²) in [6, 6.07) is 13.9. The smallest absolute Gasteiger partial charge is 0.237 e. The average molecular weight is 426 g/mol. The molecule has 0 saturated carbocycles. The van der Waals surface area contributed by atoms with Gasteiger partial charge in [-0.25, -0.2) is 4.68 Å². The number of aryl methyl sites for hydroxylation is 3. The molecule has 0 unspecified atom stereocenters. The number of nitrogen functional groups attached to an aromatic ring is 1. The first-order valence-electron chi connectivity index (χ1n) is 9.78. The van der Waals surface area contributed by atoms with Gasteiger partial charge < -0.3 is 15.5 Å². The molecule has 0 aliphatic carbocycles. The third-order valence-corrected chi connectivity index (χ3v) is 5.57. The second-order valence-corrected chi connectivity index (χ2v) is 8.04. The van der Waals surface area contributed by atoms with E-state index in [1.807, 2.05) is 64.1 Å². The summed E-state index contributed by atoms with van der Waals surface area (Å²) in [7, 11) is 0. The molecule has 2 N–H and O–H groups in total. The Labute approximate surface area is 181 Å². The van der Waals surface area contributed by atoms with E-state index in [0.717, 1.165) is 28.1 Å². The Kier molecular flexibility index (Phi) is 6.99. The van der Waals surface area contributed by atoms with Crippen LogP contribution in [0.2, 0.25) is 0 Å². The molecule has 158 valence electrons. The lowest BCUT2D eigenvalue weighted by molar-refractivity contribution is -0.116. The first-order chi connectivity index (χ1) is 14.4. The normalized spacial score (nSPS) is 10.8. The lowest BCUT2D eigenvalue weighted by Gasteiger charge is -2.22. The number of para-hydroxylation sites is 1. The van der Waals surface area contributed by atoms with E-state index in [9.17, 15) is 4.79 Å². The molecular formula is C22H27N5O2S. The number of benzene rings is 2. The Balaban J connectivity index is 1.62. The molecule has 0 saturated heterocycles. The van der Waals surface area contributed by atoms with Crippen LogP contribution < -0.4 is 15.5 Å². The average Bonchev–Trinajstić information content (AvgIpc) is 3.05. The van der Waals surface area contributed by atoms with Crippen LogP contribution in [-0.4, -0.2) is 33.1 Å². The summed E-state index contributed by atoms with van der Waals surface area (Å²) in [5, 5.41) is 8.69. The number of rotatable bonds is 8. The summed E-state index contributed by atoms with van der Waals surface area (Å²) in [6.07, 6.45) is 0. The number of amides is 1. The Morgan fingerprint density at radius 3 is 2.50 bits per heavy atom. The number of carbonyl (C=O) groups is 1. The SMILES string of the molecule is CCN(C(=O)CSc1nnc(COc2cc(C)cc(C)c2)n1N)c1ccccc1C. The first kappa shape index (κ1) is 21.7. The van der Waals surface area contributed by atoms with Gasteiger partial charge in [0.05, 0.1) is 5.75 Å². The molecule has 0 bridgehead atoms. The van der Waals surface area contributed by atoms with Crippen LogP contribution in [0.5, 0.6) is 5.75 Å². The zero-order chi connectivity index (χ0) is 21.7. The van der Waals surface area contributed by atoms with Gasteiger partial charge in [0.15, 0.2) is 5.82 Å². The molecule has 0 fully saturated rings. The van der Waals surface area contributed by atoms with Crippen molar-refractivity contribution in [3.8, 4) is 5.75 Å². The van der Waals surface area contributed by atoms with Crippen LogP contribution in [0.25, 0.3) is 0 Å². The molecule has 0 radical (unpaired) electrons. The van der Waals surface area contributed by atoms with Crippen molar-refractivity contribution < 1.29 is 9.53 Å². The molecule has 0 atom stereocenters. The van der Waals surface area contributed by atoms with Crippen LogP contribution in [0.15, 0.2) is 47.6 Å². The van der Waals surface area contributed by atoms with E-state index in [1.54, 1.807) is 4.90 Å². The molecule has 1 heterocycles. The van der Waals surface area contributed by atoms with Crippen molar-refractivity contribution in [2.24, 2.45) is 0 Å². The van der Waals surface area contributed by atoms with Crippen LogP contribution in [0, 0.1) is 20.8 Å². The van der Waals surface area contributed by atoms with Gasteiger partial charge in [-0.3, -0.25) is 4.79 Å². The lowest BCUT2D eigenvalue weighted by Crippen LogP contribution is -2.32. The zero-order valence-corrected chi connectivity index (χ0v) is 18.6. The number of hydrogen-bond donors (Lipinski definition) is 1. The van der Waals surface area contributed by atoms with Crippen molar-refractivity contribution in [1.82, 2.24) is 14.9 Å². The van der Waals surface area contributed by atoms with E-state index in [1.165, 1.54) is 16.4 Å². The van der Waals surface area contributed by atoms with E-state index < -0.39 is 0 Å². The highest BCUT2D eigenvalue weighted by Gasteiger charge is 2.18. The van der Waals surface area contributed by atoms with Crippen LogP contribution in [0.4, 0.5) is 5.69 Å². The van der Waals surface area contributed by atoms with Gasteiger partial charge in [0.2, 0.25) is 11.1 Å². The van der Waals surface area contributed by atoms with Gasteiger partial charge in [-0.05, 0) is 62.6 Å². The van der Waals surface area contributed by atoms with Crippen molar-refractivity contribution in [3.63, 3.8) is 0 Å². The highest BCUT2D eigenvalue weighted by Crippen LogP contribution is 2.23. The number of anilines is 1. The fourth-order valence-corrected chi connectivity index (χ4v) is 3.97. The highest BCUT2D eigenvalue weighted by atomic mass is 32.2. The minimum absolute atomic E-state index is 0.00663. The number of nitrogens with zero attached hydrogens (tertiary/aromatic N) is 4. The van der Waals surface area contributed by atoms with E-state index in [-0.39, 0.29) is 18.3 Å². The van der Waals surface area contributed by atoms with Gasteiger partial charge in [-0.2, -0.15) is 0 Å². The minimum atomic E-state index is -0.00663. The molecular weight excluding hydrogens is 398 g/mol. The van der Waals surface area contributed by atoms with Crippen LogP contribution in [-0.2, 0) is 11.4 Å². The summed E-state index contributed by atoms with van der Waals surface area (Å²) in [4.78, 5) is 14.5. The predicted octanol–water partition coefficient (Wildman–Crippen LogP) is 3.64. The van der Waals surface area contributed by atoms with Crippen molar-refractivity contribution in [2.45, 2.75) is 39.5 Å². The van der Waals surface area contributed by atoms with E-state index in [2.05, 4.69) is 16.3 Å². The van der Waals surface area contributed by atoms with E-state index in [0.29, 0.717) is 17.5 Å². The fourth-order valence-electron chi connectivity index (χ4n) is 3.22. The largest absolute Gasteiger partial charge is 0.486 e. The summed E-state index contributed by atoms with van der Waals surface area (Å²) in [5.74, 6) is 7.59. The van der Waals surface area contributed by atoms with Crippen LogP contribution in [0.3, 0.4) is 0 Å². The van der Waals surface area contributed by atoms with Gasteiger partial charge in [0, 0.05) is 12.2 Å². The maximum atomic E-state index is 12.8. The number of thioether (sulfide) groups is 1. The van der Waals surface area contributed by atoms with Crippen molar-refractivity contribution >= 4 is 23.4 Å². The maximum absolute atomic E-state index is 12.8. The van der Waals surface area contributed by atoms with Gasteiger partial charge in [0.1, 0.15) is 12.4 Å². The highest BCUT2D eigenvalue weighted by molar-refractivity contribution is 7.99. The number of carbonyl (C=O) groups excluding carboxylic acids is 1. The summed E-state index contributed by atoms with van der Waals surface area (Å²) in [5.41, 5.74) is 4.24. The molecule has 8 heteroatoms.